The van der Waals surface area contributed by atoms with Gasteiger partial charge in [-0.25, -0.2) is 0 Å². The van der Waals surface area contributed by atoms with Gasteiger partial charge >= 0.3 is 0 Å². The van der Waals surface area contributed by atoms with Crippen LogP contribution < -0.4 is 5.73 Å². The first-order chi connectivity index (χ1) is 9.25. The van der Waals surface area contributed by atoms with Gasteiger partial charge in [-0.2, -0.15) is 0 Å². The number of rotatable bonds is 2. The van der Waals surface area contributed by atoms with Crippen molar-refractivity contribution in [2.75, 3.05) is 5.73 Å². The molecule has 1 aromatic carbocycles. The summed E-state index contributed by atoms with van der Waals surface area (Å²) in [4.78, 5) is 0. The molecule has 1 heterocycles. The summed E-state index contributed by atoms with van der Waals surface area (Å²) in [5, 5.41) is 3.80. The SMILES string of the molecule is CC1CCC(c2ccccc2-c2cnoc2N)CC1. The van der Waals surface area contributed by atoms with E-state index in [9.17, 15) is 0 Å². The van der Waals surface area contributed by atoms with Crippen molar-refractivity contribution in [3.05, 3.63) is 36.0 Å². The van der Waals surface area contributed by atoms with Gasteiger partial charge in [0, 0.05) is 0 Å². The predicted octanol–water partition coefficient (Wildman–Crippen LogP) is 4.22. The Hall–Kier alpha value is -1.77. The lowest BCUT2D eigenvalue weighted by molar-refractivity contribution is 0.348. The van der Waals surface area contributed by atoms with Crippen LogP contribution in [0.5, 0.6) is 0 Å². The predicted molar refractivity (Wildman–Crippen MR) is 76.7 cm³/mol. The first kappa shape index (κ1) is 12.3. The van der Waals surface area contributed by atoms with E-state index < -0.39 is 0 Å². The van der Waals surface area contributed by atoms with Crippen molar-refractivity contribution in [1.29, 1.82) is 0 Å². The van der Waals surface area contributed by atoms with Crippen LogP contribution >= 0.6 is 0 Å². The largest absolute Gasteiger partial charge is 0.367 e. The highest BCUT2D eigenvalue weighted by atomic mass is 16.5. The Morgan fingerprint density at radius 3 is 2.53 bits per heavy atom. The minimum atomic E-state index is 0.414. The molecule has 3 nitrogen and oxygen atoms in total. The number of aromatic nitrogens is 1. The zero-order valence-corrected chi connectivity index (χ0v) is 11.3. The van der Waals surface area contributed by atoms with Gasteiger partial charge in [0.1, 0.15) is 0 Å². The molecule has 0 radical (unpaired) electrons. The lowest BCUT2D eigenvalue weighted by Gasteiger charge is -2.27. The summed E-state index contributed by atoms with van der Waals surface area (Å²) >= 11 is 0. The molecule has 2 N–H and O–H groups in total. The summed E-state index contributed by atoms with van der Waals surface area (Å²) in [5.74, 6) is 1.92. The van der Waals surface area contributed by atoms with E-state index in [-0.39, 0.29) is 0 Å². The van der Waals surface area contributed by atoms with Gasteiger partial charge in [-0.3, -0.25) is 0 Å². The Balaban J connectivity index is 1.96. The van der Waals surface area contributed by atoms with Crippen LogP contribution in [0.1, 0.15) is 44.1 Å². The maximum absolute atomic E-state index is 5.86. The Kier molecular flexibility index (Phi) is 3.28. The van der Waals surface area contributed by atoms with E-state index in [1.54, 1.807) is 6.20 Å². The van der Waals surface area contributed by atoms with E-state index in [4.69, 9.17) is 10.3 Å². The molecule has 1 saturated carbocycles. The fourth-order valence-electron chi connectivity index (χ4n) is 3.12. The summed E-state index contributed by atoms with van der Waals surface area (Å²) in [6, 6.07) is 8.51. The molecule has 1 aromatic heterocycles. The second kappa shape index (κ2) is 5.08. The molecular weight excluding hydrogens is 236 g/mol. The van der Waals surface area contributed by atoms with Crippen molar-refractivity contribution in [2.24, 2.45) is 5.92 Å². The van der Waals surface area contributed by atoms with E-state index in [0.717, 1.165) is 11.5 Å². The standard InChI is InChI=1S/C16H20N2O/c1-11-6-8-12(9-7-11)13-4-2-3-5-14(13)15-10-18-19-16(15)17/h2-5,10-12H,6-9,17H2,1H3. The molecule has 100 valence electrons. The normalized spacial score (nSPS) is 23.4. The summed E-state index contributed by atoms with van der Waals surface area (Å²) in [7, 11) is 0. The Morgan fingerprint density at radius 1 is 1.11 bits per heavy atom. The summed E-state index contributed by atoms with van der Waals surface area (Å²) in [6.07, 6.45) is 6.89. The average molecular weight is 256 g/mol. The number of nitrogens with two attached hydrogens (primary N) is 1. The van der Waals surface area contributed by atoms with Crippen LogP contribution in [0.4, 0.5) is 5.88 Å². The van der Waals surface area contributed by atoms with Crippen LogP contribution in [-0.2, 0) is 0 Å². The van der Waals surface area contributed by atoms with Crippen molar-refractivity contribution in [3.8, 4) is 11.1 Å². The van der Waals surface area contributed by atoms with E-state index in [1.165, 1.54) is 36.8 Å². The van der Waals surface area contributed by atoms with Crippen molar-refractivity contribution in [2.45, 2.75) is 38.5 Å². The second-order valence-corrected chi connectivity index (χ2v) is 5.65. The third-order valence-corrected chi connectivity index (χ3v) is 4.30. The summed E-state index contributed by atoms with van der Waals surface area (Å²) in [6.45, 7) is 2.35. The Bertz CT molecular complexity index is 553. The molecular formula is C16H20N2O. The fraction of sp³-hybridized carbons (Fsp3) is 0.438. The number of anilines is 1. The van der Waals surface area contributed by atoms with Gasteiger partial charge in [0.25, 0.3) is 0 Å². The monoisotopic (exact) mass is 256 g/mol. The van der Waals surface area contributed by atoms with Crippen molar-refractivity contribution in [3.63, 3.8) is 0 Å². The third-order valence-electron chi connectivity index (χ3n) is 4.30. The van der Waals surface area contributed by atoms with E-state index in [0.29, 0.717) is 11.8 Å². The fourth-order valence-corrected chi connectivity index (χ4v) is 3.12. The van der Waals surface area contributed by atoms with Crippen LogP contribution in [0.3, 0.4) is 0 Å². The van der Waals surface area contributed by atoms with Gasteiger partial charge in [-0.15, -0.1) is 0 Å². The molecule has 3 rings (SSSR count). The molecule has 0 spiro atoms. The Labute approximate surface area is 113 Å². The first-order valence-electron chi connectivity index (χ1n) is 7.05. The molecule has 1 aliphatic rings. The van der Waals surface area contributed by atoms with Gasteiger partial charge in [-0.1, -0.05) is 49.2 Å². The van der Waals surface area contributed by atoms with Gasteiger partial charge in [0.15, 0.2) is 0 Å². The van der Waals surface area contributed by atoms with Crippen LogP contribution in [0.15, 0.2) is 35.0 Å². The zero-order chi connectivity index (χ0) is 13.2. The molecule has 0 aliphatic heterocycles. The molecule has 1 fully saturated rings. The minimum absolute atomic E-state index is 0.414. The van der Waals surface area contributed by atoms with Gasteiger partial charge in [-0.05, 0) is 35.8 Å². The zero-order valence-electron chi connectivity index (χ0n) is 11.3. The van der Waals surface area contributed by atoms with Gasteiger partial charge < -0.3 is 10.3 Å². The van der Waals surface area contributed by atoms with Crippen LogP contribution in [0, 0.1) is 5.92 Å². The summed E-state index contributed by atoms with van der Waals surface area (Å²) < 4.78 is 5.01. The van der Waals surface area contributed by atoms with E-state index in [1.807, 2.05) is 0 Å². The molecule has 0 saturated heterocycles. The van der Waals surface area contributed by atoms with Crippen LogP contribution in [0.25, 0.3) is 11.1 Å². The topological polar surface area (TPSA) is 52.0 Å². The Morgan fingerprint density at radius 2 is 1.84 bits per heavy atom. The van der Waals surface area contributed by atoms with E-state index in [2.05, 4.69) is 36.3 Å². The molecule has 19 heavy (non-hydrogen) atoms. The van der Waals surface area contributed by atoms with Crippen LogP contribution in [-0.4, -0.2) is 5.16 Å². The summed E-state index contributed by atoms with van der Waals surface area (Å²) in [5.41, 5.74) is 9.36. The second-order valence-electron chi connectivity index (χ2n) is 5.65. The highest BCUT2D eigenvalue weighted by Crippen LogP contribution is 2.40. The smallest absolute Gasteiger partial charge is 0.229 e. The number of nitrogens with zero attached hydrogens (tertiary/aromatic N) is 1. The molecule has 0 bridgehead atoms. The third kappa shape index (κ3) is 2.37. The lowest BCUT2D eigenvalue weighted by atomic mass is 9.77. The highest BCUT2D eigenvalue weighted by molar-refractivity contribution is 5.75. The van der Waals surface area contributed by atoms with Gasteiger partial charge in [0.05, 0.1) is 11.8 Å². The maximum atomic E-state index is 5.86. The molecule has 0 unspecified atom stereocenters. The number of benzene rings is 1. The minimum Gasteiger partial charge on any atom is -0.367 e. The first-order valence-corrected chi connectivity index (χ1v) is 7.05. The van der Waals surface area contributed by atoms with Crippen molar-refractivity contribution in [1.82, 2.24) is 5.16 Å². The quantitative estimate of drug-likeness (QED) is 0.875. The number of hydrogen-bond donors (Lipinski definition) is 1. The van der Waals surface area contributed by atoms with Crippen molar-refractivity contribution >= 4 is 5.88 Å². The molecule has 0 amide bonds. The molecule has 1 aliphatic carbocycles. The van der Waals surface area contributed by atoms with Gasteiger partial charge in [0.2, 0.25) is 5.88 Å². The lowest BCUT2D eigenvalue weighted by Crippen LogP contribution is -2.11. The molecule has 2 aromatic rings. The average Bonchev–Trinajstić information content (AvgIpc) is 2.86. The highest BCUT2D eigenvalue weighted by Gasteiger charge is 2.23. The molecule has 3 heteroatoms. The molecule has 0 atom stereocenters. The number of hydrogen-bond acceptors (Lipinski definition) is 3. The maximum Gasteiger partial charge on any atom is 0.229 e. The van der Waals surface area contributed by atoms with Crippen molar-refractivity contribution < 1.29 is 4.52 Å². The number of nitrogen functional groups attached to an aromatic ring is 1. The van der Waals surface area contributed by atoms with Crippen LogP contribution in [0.2, 0.25) is 0 Å². The van der Waals surface area contributed by atoms with E-state index >= 15 is 0 Å².